The molecular weight excluding hydrogens is 260 g/mol. The lowest BCUT2D eigenvalue weighted by Crippen LogP contribution is -2.07. The third-order valence-electron chi connectivity index (χ3n) is 2.66. The fraction of sp³-hybridized carbons (Fsp3) is 0.500. The van der Waals surface area contributed by atoms with Gasteiger partial charge in [-0.25, -0.2) is 9.97 Å². The van der Waals surface area contributed by atoms with E-state index in [-0.39, 0.29) is 0 Å². The van der Waals surface area contributed by atoms with Crippen molar-refractivity contribution in [3.8, 4) is 0 Å². The van der Waals surface area contributed by atoms with Crippen molar-refractivity contribution in [2.24, 2.45) is 7.05 Å². The zero-order valence-corrected chi connectivity index (χ0v) is 12.2. The minimum Gasteiger partial charge on any atom is -0.370 e. The Kier molecular flexibility index (Phi) is 4.73. The number of nitrogens with zero attached hydrogens (tertiary/aromatic N) is 5. The molecule has 0 spiro atoms. The number of anilines is 1. The Morgan fingerprint density at radius 3 is 2.79 bits per heavy atom. The van der Waals surface area contributed by atoms with Gasteiger partial charge in [-0.05, 0) is 24.6 Å². The van der Waals surface area contributed by atoms with Crippen LogP contribution in [0.1, 0.15) is 25.8 Å². The molecule has 0 aliphatic heterocycles. The Morgan fingerprint density at radius 2 is 2.16 bits per heavy atom. The van der Waals surface area contributed by atoms with Crippen LogP contribution in [-0.4, -0.2) is 31.3 Å². The van der Waals surface area contributed by atoms with Crippen LogP contribution in [0.2, 0.25) is 0 Å². The molecule has 0 aromatic carbocycles. The highest BCUT2D eigenvalue weighted by Gasteiger charge is 2.13. The average molecular weight is 278 g/mol. The van der Waals surface area contributed by atoms with Crippen molar-refractivity contribution in [3.05, 3.63) is 18.2 Å². The molecule has 0 amide bonds. The summed E-state index contributed by atoms with van der Waals surface area (Å²) in [7, 11) is 1.92. The molecule has 19 heavy (non-hydrogen) atoms. The third kappa shape index (κ3) is 3.23. The van der Waals surface area contributed by atoms with Crippen LogP contribution in [-0.2, 0) is 13.5 Å². The summed E-state index contributed by atoms with van der Waals surface area (Å²) in [6.07, 6.45) is 5.23. The van der Waals surface area contributed by atoms with Crippen LogP contribution in [0.5, 0.6) is 0 Å². The van der Waals surface area contributed by atoms with Gasteiger partial charge in [0.05, 0.1) is 0 Å². The molecule has 0 aliphatic carbocycles. The van der Waals surface area contributed by atoms with Crippen molar-refractivity contribution < 1.29 is 0 Å². The molecule has 0 fully saturated rings. The van der Waals surface area contributed by atoms with E-state index < -0.39 is 0 Å². The summed E-state index contributed by atoms with van der Waals surface area (Å²) in [5.74, 6) is 0.920. The number of aryl methyl sites for hydroxylation is 1. The second-order valence-corrected chi connectivity index (χ2v) is 5.07. The summed E-state index contributed by atoms with van der Waals surface area (Å²) in [5, 5.41) is 13.1. The van der Waals surface area contributed by atoms with Crippen LogP contribution < -0.4 is 5.32 Å². The van der Waals surface area contributed by atoms with Crippen LogP contribution in [0.3, 0.4) is 0 Å². The SMILES string of the molecule is CCCNc1ncnc(Sc2nncn2C)c1CC. The fourth-order valence-electron chi connectivity index (χ4n) is 1.65. The molecule has 2 heterocycles. The quantitative estimate of drug-likeness (QED) is 0.816. The summed E-state index contributed by atoms with van der Waals surface area (Å²) in [6.45, 7) is 5.16. The van der Waals surface area contributed by atoms with Crippen molar-refractivity contribution in [2.75, 3.05) is 11.9 Å². The lowest BCUT2D eigenvalue weighted by Gasteiger charge is -2.11. The van der Waals surface area contributed by atoms with Gasteiger partial charge >= 0.3 is 0 Å². The second kappa shape index (κ2) is 6.51. The van der Waals surface area contributed by atoms with E-state index in [2.05, 4.69) is 39.3 Å². The van der Waals surface area contributed by atoms with Crippen LogP contribution in [0.25, 0.3) is 0 Å². The van der Waals surface area contributed by atoms with Gasteiger partial charge in [0.25, 0.3) is 0 Å². The van der Waals surface area contributed by atoms with Gasteiger partial charge in [-0.15, -0.1) is 10.2 Å². The smallest absolute Gasteiger partial charge is 0.197 e. The number of nitrogens with one attached hydrogen (secondary N) is 1. The Morgan fingerprint density at radius 1 is 1.32 bits per heavy atom. The predicted molar refractivity (Wildman–Crippen MR) is 75.3 cm³/mol. The first kappa shape index (κ1) is 13.8. The highest BCUT2D eigenvalue weighted by molar-refractivity contribution is 7.99. The van der Waals surface area contributed by atoms with Gasteiger partial charge in [-0.2, -0.15) is 0 Å². The molecule has 0 radical (unpaired) electrons. The topological polar surface area (TPSA) is 68.5 Å². The number of hydrogen-bond acceptors (Lipinski definition) is 6. The summed E-state index contributed by atoms with van der Waals surface area (Å²) in [6, 6.07) is 0. The first-order valence-corrected chi connectivity index (χ1v) is 7.17. The second-order valence-electron chi connectivity index (χ2n) is 4.11. The molecule has 0 aliphatic rings. The predicted octanol–water partition coefficient (Wildman–Crippen LogP) is 2.14. The summed E-state index contributed by atoms with van der Waals surface area (Å²) >= 11 is 1.52. The maximum Gasteiger partial charge on any atom is 0.197 e. The first-order chi connectivity index (χ1) is 9.26. The summed E-state index contributed by atoms with van der Waals surface area (Å²) in [4.78, 5) is 8.69. The Balaban J connectivity index is 2.27. The third-order valence-corrected chi connectivity index (χ3v) is 3.76. The number of hydrogen-bond donors (Lipinski definition) is 1. The van der Waals surface area contributed by atoms with E-state index in [9.17, 15) is 0 Å². The van der Waals surface area contributed by atoms with Crippen molar-refractivity contribution in [1.29, 1.82) is 0 Å². The highest BCUT2D eigenvalue weighted by atomic mass is 32.2. The summed E-state index contributed by atoms with van der Waals surface area (Å²) < 4.78 is 1.88. The molecule has 102 valence electrons. The lowest BCUT2D eigenvalue weighted by molar-refractivity contribution is 0.785. The van der Waals surface area contributed by atoms with Gasteiger partial charge in [0.1, 0.15) is 23.5 Å². The van der Waals surface area contributed by atoms with E-state index in [0.29, 0.717) is 0 Å². The minimum atomic E-state index is 0.829. The number of aromatic nitrogens is 5. The average Bonchev–Trinajstić information content (AvgIpc) is 2.82. The number of rotatable bonds is 6. The van der Waals surface area contributed by atoms with Crippen LogP contribution in [0.4, 0.5) is 5.82 Å². The van der Waals surface area contributed by atoms with Gasteiger partial charge in [-0.1, -0.05) is 13.8 Å². The molecule has 7 heteroatoms. The Labute approximate surface area is 117 Å². The van der Waals surface area contributed by atoms with Gasteiger partial charge in [0, 0.05) is 19.2 Å². The van der Waals surface area contributed by atoms with Crippen LogP contribution in [0.15, 0.2) is 22.8 Å². The molecule has 2 aromatic rings. The highest BCUT2D eigenvalue weighted by Crippen LogP contribution is 2.29. The Hall–Kier alpha value is -1.63. The van der Waals surface area contributed by atoms with Gasteiger partial charge in [-0.3, -0.25) is 0 Å². The molecular formula is C12H18N6S. The van der Waals surface area contributed by atoms with Crippen LogP contribution in [0, 0.1) is 0 Å². The Bertz CT molecular complexity index is 539. The molecule has 2 rings (SSSR count). The molecule has 1 N–H and O–H groups in total. The van der Waals surface area contributed by atoms with Crippen LogP contribution >= 0.6 is 11.8 Å². The standard InChI is InChI=1S/C12H18N6S/c1-4-6-13-10-9(5-2)11(15-7-14-10)19-12-17-16-8-18(12)3/h7-8H,4-6H2,1-3H3,(H,13,14,15). The van der Waals surface area contributed by atoms with Gasteiger partial charge < -0.3 is 9.88 Å². The van der Waals surface area contributed by atoms with E-state index >= 15 is 0 Å². The van der Waals surface area contributed by atoms with E-state index in [0.717, 1.165) is 41.0 Å². The van der Waals surface area contributed by atoms with Crippen molar-refractivity contribution in [2.45, 2.75) is 36.9 Å². The first-order valence-electron chi connectivity index (χ1n) is 6.35. The largest absolute Gasteiger partial charge is 0.370 e. The molecule has 0 unspecified atom stereocenters. The minimum absolute atomic E-state index is 0.829. The van der Waals surface area contributed by atoms with E-state index in [4.69, 9.17) is 0 Å². The molecule has 0 atom stereocenters. The molecule has 0 bridgehead atoms. The van der Waals surface area contributed by atoms with Crippen molar-refractivity contribution in [1.82, 2.24) is 24.7 Å². The summed E-state index contributed by atoms with van der Waals surface area (Å²) in [5.41, 5.74) is 1.13. The lowest BCUT2D eigenvalue weighted by atomic mass is 10.2. The monoisotopic (exact) mass is 278 g/mol. The zero-order chi connectivity index (χ0) is 13.7. The van der Waals surface area contributed by atoms with Gasteiger partial charge in [0.2, 0.25) is 0 Å². The molecule has 2 aromatic heterocycles. The van der Waals surface area contributed by atoms with E-state index in [1.165, 1.54) is 11.8 Å². The van der Waals surface area contributed by atoms with E-state index in [1.807, 2.05) is 11.6 Å². The fourth-order valence-corrected chi connectivity index (χ4v) is 2.57. The zero-order valence-electron chi connectivity index (χ0n) is 11.4. The van der Waals surface area contributed by atoms with Crippen molar-refractivity contribution in [3.63, 3.8) is 0 Å². The van der Waals surface area contributed by atoms with E-state index in [1.54, 1.807) is 12.7 Å². The molecule has 6 nitrogen and oxygen atoms in total. The van der Waals surface area contributed by atoms with Gasteiger partial charge in [0.15, 0.2) is 5.16 Å². The maximum absolute atomic E-state index is 4.36. The molecule has 0 saturated carbocycles. The van der Waals surface area contributed by atoms with Crippen molar-refractivity contribution >= 4 is 17.6 Å². The molecule has 0 saturated heterocycles. The normalized spacial score (nSPS) is 10.7. The maximum atomic E-state index is 4.36.